The van der Waals surface area contributed by atoms with Gasteiger partial charge < -0.3 is 9.80 Å². The van der Waals surface area contributed by atoms with E-state index in [1.165, 1.54) is 117 Å². The highest BCUT2D eigenvalue weighted by Crippen LogP contribution is 2.47. The Morgan fingerprint density at radius 3 is 0.953 bits per heavy atom. The Hall–Kier alpha value is -15.7. The number of hydrogen-bond donors (Lipinski definition) is 0. The van der Waals surface area contributed by atoms with Gasteiger partial charge in [0.1, 0.15) is 0 Å². The van der Waals surface area contributed by atoms with Gasteiger partial charge in [-0.3, -0.25) is 0 Å². The number of nitrogens with zero attached hydrogens (tertiary/aromatic N) is 2. The summed E-state index contributed by atoms with van der Waals surface area (Å²) >= 11 is 0. The van der Waals surface area contributed by atoms with E-state index in [9.17, 15) is 0 Å². The van der Waals surface area contributed by atoms with Crippen molar-refractivity contribution < 1.29 is 0 Å². The number of allylic oxidation sites excluding steroid dienone is 19. The summed E-state index contributed by atoms with van der Waals surface area (Å²) in [4.78, 5) is 4.76. The zero-order valence-corrected chi connectivity index (χ0v) is 73.8. The van der Waals surface area contributed by atoms with Gasteiger partial charge in [0.2, 0.25) is 0 Å². The van der Waals surface area contributed by atoms with Crippen LogP contribution in [0.1, 0.15) is 59.1 Å². The Bertz CT molecular complexity index is 6520. The summed E-state index contributed by atoms with van der Waals surface area (Å²) in [7, 11) is 0. The largest absolute Gasteiger partial charge is 0.311 e. The van der Waals surface area contributed by atoms with Crippen LogP contribution in [0.5, 0.6) is 0 Å². The van der Waals surface area contributed by atoms with Crippen molar-refractivity contribution in [1.29, 1.82) is 0 Å². The molecule has 17 rings (SSSR count). The molecular formula is C126H106N2. The topological polar surface area (TPSA) is 6.48 Å². The molecule has 2 heteroatoms. The van der Waals surface area contributed by atoms with Crippen LogP contribution in [0.4, 0.5) is 28.4 Å². The second-order valence-corrected chi connectivity index (χ2v) is 32.3. The monoisotopic (exact) mass is 1650 g/mol. The van der Waals surface area contributed by atoms with Crippen molar-refractivity contribution in [2.45, 2.75) is 48.0 Å². The van der Waals surface area contributed by atoms with Gasteiger partial charge in [-0.05, 0) is 283 Å². The van der Waals surface area contributed by atoms with E-state index in [1.54, 1.807) is 0 Å². The molecule has 1 unspecified atom stereocenters. The van der Waals surface area contributed by atoms with E-state index in [0.717, 1.165) is 79.5 Å². The molecule has 1 atom stereocenters. The Morgan fingerprint density at radius 2 is 0.609 bits per heavy atom. The smallest absolute Gasteiger partial charge is 0.0468 e. The third-order valence-corrected chi connectivity index (χ3v) is 24.0. The Balaban J connectivity index is 0.000000196. The van der Waals surface area contributed by atoms with Crippen LogP contribution >= 0.6 is 0 Å². The zero-order valence-electron chi connectivity index (χ0n) is 73.8. The summed E-state index contributed by atoms with van der Waals surface area (Å²) in [5.41, 5.74) is 39.5. The molecule has 0 aromatic heterocycles. The quantitative estimate of drug-likeness (QED) is 0.0499. The highest BCUT2D eigenvalue weighted by Gasteiger charge is 2.24. The molecule has 1 aliphatic carbocycles. The molecule has 0 amide bonds. The maximum Gasteiger partial charge on any atom is 0.0468 e. The molecule has 2 nitrogen and oxygen atoms in total. The molecule has 0 saturated heterocycles. The van der Waals surface area contributed by atoms with E-state index in [1.807, 2.05) is 13.0 Å². The first-order valence-electron chi connectivity index (χ1n) is 44.4. The second kappa shape index (κ2) is 42.1. The predicted octanol–water partition coefficient (Wildman–Crippen LogP) is 35.7. The van der Waals surface area contributed by atoms with E-state index < -0.39 is 0 Å². The van der Waals surface area contributed by atoms with Gasteiger partial charge >= 0.3 is 0 Å². The normalized spacial score (nSPS) is 13.2. The van der Waals surface area contributed by atoms with Crippen molar-refractivity contribution in [2.24, 2.45) is 5.92 Å². The fourth-order valence-corrected chi connectivity index (χ4v) is 16.8. The molecular weight excluding hydrogens is 1540 g/mol. The van der Waals surface area contributed by atoms with Crippen LogP contribution in [-0.2, 0) is 0 Å². The fraction of sp³-hybridized carbons (Fsp3) is 0.0635. The lowest BCUT2D eigenvalue weighted by atomic mass is 9.85. The van der Waals surface area contributed by atoms with Gasteiger partial charge in [0.15, 0.2) is 0 Å². The Kier molecular flexibility index (Phi) is 28.2. The van der Waals surface area contributed by atoms with Crippen LogP contribution < -0.4 is 9.80 Å². The van der Waals surface area contributed by atoms with Gasteiger partial charge in [0.05, 0.1) is 0 Å². The number of benzene rings is 16. The maximum atomic E-state index is 4.37. The van der Waals surface area contributed by atoms with Crippen molar-refractivity contribution in [1.82, 2.24) is 0 Å². The lowest BCUT2D eigenvalue weighted by Gasteiger charge is -2.29. The van der Waals surface area contributed by atoms with Gasteiger partial charge in [-0.1, -0.05) is 431 Å². The summed E-state index contributed by atoms with van der Waals surface area (Å²) < 4.78 is 0. The Labute approximate surface area is 758 Å². The minimum absolute atomic E-state index is 0.330. The number of hydrogen-bond acceptors (Lipinski definition) is 2. The molecule has 0 aliphatic heterocycles. The van der Waals surface area contributed by atoms with E-state index in [2.05, 4.69) is 549 Å². The van der Waals surface area contributed by atoms with Gasteiger partial charge in [0.25, 0.3) is 0 Å². The van der Waals surface area contributed by atoms with Crippen LogP contribution in [-0.4, -0.2) is 0 Å². The highest BCUT2D eigenvalue weighted by molar-refractivity contribution is 5.96. The Morgan fingerprint density at radius 1 is 0.305 bits per heavy atom. The van der Waals surface area contributed by atoms with Gasteiger partial charge in [-0.25, -0.2) is 0 Å². The SMILES string of the molecule is C/C=C\C(=C/C)C1C=CC(c2cc(N(c3ccc(-c4ccccc4)c(-c4ccc(-c5ccccc5)cc4)c3)c3ccc(-c4ccccc4)c(-c4ccc(-c5ccccc5)cc4)c3)ccc2-c2ccccc2)=CC1.C=C\C(=C/C(=C/c1ccc(-c2ccccc2)cc1)C(/C)=C/C=C(C)/C(C)=C/C=C\C)N(c1ccc(-c2ccccc2)cc1)c1ccc(-c2ccccc2)cc1. The summed E-state index contributed by atoms with van der Waals surface area (Å²) in [5, 5.41) is 0. The molecule has 0 fully saturated rings. The van der Waals surface area contributed by atoms with E-state index in [0.29, 0.717) is 5.92 Å². The molecule has 620 valence electrons. The molecule has 0 bridgehead atoms. The fourth-order valence-electron chi connectivity index (χ4n) is 16.8. The van der Waals surface area contributed by atoms with E-state index in [4.69, 9.17) is 0 Å². The van der Waals surface area contributed by atoms with E-state index in [-0.39, 0.29) is 0 Å². The van der Waals surface area contributed by atoms with Crippen LogP contribution in [0.15, 0.2) is 538 Å². The number of anilines is 5. The lowest BCUT2D eigenvalue weighted by molar-refractivity contribution is 0.787. The molecule has 0 spiro atoms. The molecule has 0 heterocycles. The molecule has 0 radical (unpaired) electrons. The van der Waals surface area contributed by atoms with Crippen molar-refractivity contribution in [3.8, 4) is 111 Å². The average Bonchev–Trinajstić information content (AvgIpc) is 0.755. The van der Waals surface area contributed by atoms with Crippen molar-refractivity contribution in [3.63, 3.8) is 0 Å². The maximum absolute atomic E-state index is 4.37. The standard InChI is InChI=1S/C72H57N.C54H49N/c1-3-20-52(4-2)55-31-37-61(38-32-55)70-49-64(43-46-67(70)58-25-14-7-15-26-58)73(65-44-47-68(59-27-16-8-17-28-59)71(50-65)62-39-33-56(34-40-62)53-21-10-5-11-22-53)66-45-48-69(60-29-18-9-19-30-60)72(51-66)63-41-35-57(36-42-63)54-23-12-6-13-24-54;1-6-8-18-41(3)42(4)25-26-43(5)51(39-44-27-29-48(30-28-44)45-19-12-9-13-20-45)40-52(7-2)55(53-35-31-49(32-36-53)46-21-14-10-15-22-46)54-37-33-50(34-38-54)47-23-16-11-17-24-47/h3-31,33-51,55H,32H2,1-2H3;6-40H,2H2,1,3-5H3/b20-3-,52-4+;8-6-,41-18+,42-25+,43-26+,51-39-,52-40+. The third-order valence-electron chi connectivity index (χ3n) is 24.0. The van der Waals surface area contributed by atoms with Crippen LogP contribution in [0, 0.1) is 5.92 Å². The molecule has 0 saturated carbocycles. The summed E-state index contributed by atoms with van der Waals surface area (Å²) in [6.07, 6.45) is 31.9. The van der Waals surface area contributed by atoms with Crippen molar-refractivity contribution in [2.75, 3.05) is 9.80 Å². The van der Waals surface area contributed by atoms with Crippen LogP contribution in [0.2, 0.25) is 0 Å². The van der Waals surface area contributed by atoms with Crippen molar-refractivity contribution in [3.05, 3.63) is 549 Å². The van der Waals surface area contributed by atoms with Crippen molar-refractivity contribution >= 4 is 40.1 Å². The predicted molar refractivity (Wildman–Crippen MR) is 553 cm³/mol. The van der Waals surface area contributed by atoms with Gasteiger partial charge in [-0.15, -0.1) is 0 Å². The first-order chi connectivity index (χ1) is 63.0. The second-order valence-electron chi connectivity index (χ2n) is 32.3. The average molecular weight is 1650 g/mol. The minimum Gasteiger partial charge on any atom is -0.311 e. The zero-order chi connectivity index (χ0) is 87.8. The highest BCUT2D eigenvalue weighted by atomic mass is 15.1. The summed E-state index contributed by atoms with van der Waals surface area (Å²) in [6, 6.07) is 151. The molecule has 1 aliphatic rings. The molecule has 16 aromatic carbocycles. The molecule has 0 N–H and O–H groups in total. The van der Waals surface area contributed by atoms with Crippen LogP contribution in [0.25, 0.3) is 123 Å². The summed E-state index contributed by atoms with van der Waals surface area (Å²) in [5.74, 6) is 0.330. The summed E-state index contributed by atoms with van der Waals surface area (Å²) in [6.45, 7) is 17.2. The minimum atomic E-state index is 0.330. The first kappa shape index (κ1) is 85.8. The molecule has 16 aromatic rings. The van der Waals surface area contributed by atoms with Gasteiger partial charge in [0, 0.05) is 40.1 Å². The van der Waals surface area contributed by atoms with E-state index >= 15 is 0 Å². The van der Waals surface area contributed by atoms with Gasteiger partial charge in [-0.2, -0.15) is 0 Å². The molecule has 128 heavy (non-hydrogen) atoms. The first-order valence-corrected chi connectivity index (χ1v) is 44.4. The lowest BCUT2D eigenvalue weighted by Crippen LogP contribution is -2.15. The number of rotatable bonds is 26. The third kappa shape index (κ3) is 20.8. The van der Waals surface area contributed by atoms with Crippen LogP contribution in [0.3, 0.4) is 0 Å².